The molecule has 0 N–H and O–H groups in total. The molecule has 0 aromatic rings. The van der Waals surface area contributed by atoms with Crippen molar-refractivity contribution >= 4 is 5.97 Å². The van der Waals surface area contributed by atoms with Gasteiger partial charge in [0.1, 0.15) is 0 Å². The zero-order valence-corrected chi connectivity index (χ0v) is 13.2. The number of unbranched alkanes of at least 4 members (excludes halogenated alkanes) is 4. The molecule has 0 amide bonds. The van der Waals surface area contributed by atoms with Crippen LogP contribution in [0.1, 0.15) is 66.2 Å². The van der Waals surface area contributed by atoms with Gasteiger partial charge in [0.15, 0.2) is 6.23 Å². The molecule has 0 radical (unpaired) electrons. The Labute approximate surface area is 119 Å². The number of carbonyl (C=O) groups excluding carboxylic acids is 1. The van der Waals surface area contributed by atoms with Crippen LogP contribution in [0.25, 0.3) is 0 Å². The normalized spacial score (nSPS) is 12.5. The highest BCUT2D eigenvalue weighted by Gasteiger charge is 2.17. The molecule has 1 unspecified atom stereocenters. The molecule has 0 spiro atoms. The molecule has 0 aromatic carbocycles. The van der Waals surface area contributed by atoms with Gasteiger partial charge in [0, 0.05) is 18.7 Å². The standard InChI is InChI=1S/C16H31NO2/c1-6-8-10-12-17(13-11-9-7-2)15(5)19-16(18)14(3)4/h15H,3,6-13H2,1-2,4-5H3. The Hall–Kier alpha value is -0.830. The fourth-order valence-electron chi connectivity index (χ4n) is 1.94. The number of hydrogen-bond donors (Lipinski definition) is 0. The molecular weight excluding hydrogens is 238 g/mol. The Bertz CT molecular complexity index is 253. The fourth-order valence-corrected chi connectivity index (χ4v) is 1.94. The number of nitrogens with zero attached hydrogens (tertiary/aromatic N) is 1. The third-order valence-corrected chi connectivity index (χ3v) is 3.24. The van der Waals surface area contributed by atoms with Gasteiger partial charge in [-0.05, 0) is 26.7 Å². The Balaban J connectivity index is 4.26. The van der Waals surface area contributed by atoms with Crippen LogP contribution in [0.15, 0.2) is 12.2 Å². The van der Waals surface area contributed by atoms with E-state index in [9.17, 15) is 4.79 Å². The van der Waals surface area contributed by atoms with Crippen molar-refractivity contribution < 1.29 is 9.53 Å². The van der Waals surface area contributed by atoms with E-state index >= 15 is 0 Å². The van der Waals surface area contributed by atoms with Crippen LogP contribution in [0.4, 0.5) is 0 Å². The lowest BCUT2D eigenvalue weighted by Gasteiger charge is -2.28. The third kappa shape index (κ3) is 8.82. The summed E-state index contributed by atoms with van der Waals surface area (Å²) in [6.45, 7) is 13.7. The third-order valence-electron chi connectivity index (χ3n) is 3.24. The van der Waals surface area contributed by atoms with Crippen molar-refractivity contribution in [2.75, 3.05) is 13.1 Å². The molecule has 0 aliphatic carbocycles. The highest BCUT2D eigenvalue weighted by Crippen LogP contribution is 2.09. The first-order chi connectivity index (χ1) is 9.02. The van der Waals surface area contributed by atoms with Gasteiger partial charge in [0.2, 0.25) is 0 Å². The molecule has 0 heterocycles. The van der Waals surface area contributed by atoms with Gasteiger partial charge in [-0.25, -0.2) is 4.79 Å². The number of rotatable bonds is 11. The average Bonchev–Trinajstić information content (AvgIpc) is 2.37. The summed E-state index contributed by atoms with van der Waals surface area (Å²) in [5.41, 5.74) is 0.467. The second kappa shape index (κ2) is 11.0. The largest absolute Gasteiger partial charge is 0.443 e. The Morgan fingerprint density at radius 1 is 1.11 bits per heavy atom. The molecule has 1 atom stereocenters. The van der Waals surface area contributed by atoms with E-state index in [0.29, 0.717) is 5.57 Å². The topological polar surface area (TPSA) is 29.5 Å². The summed E-state index contributed by atoms with van der Waals surface area (Å²) in [4.78, 5) is 13.8. The molecule has 112 valence electrons. The summed E-state index contributed by atoms with van der Waals surface area (Å²) in [7, 11) is 0. The molecule has 0 rings (SSSR count). The van der Waals surface area contributed by atoms with Gasteiger partial charge in [-0.3, -0.25) is 4.90 Å². The van der Waals surface area contributed by atoms with E-state index in [0.717, 1.165) is 25.9 Å². The lowest BCUT2D eigenvalue weighted by atomic mass is 10.2. The van der Waals surface area contributed by atoms with E-state index in [1.54, 1.807) is 6.92 Å². The minimum Gasteiger partial charge on any atom is -0.443 e. The van der Waals surface area contributed by atoms with Gasteiger partial charge in [-0.2, -0.15) is 0 Å². The quantitative estimate of drug-likeness (QED) is 0.244. The van der Waals surface area contributed by atoms with Gasteiger partial charge in [0.05, 0.1) is 0 Å². The minimum atomic E-state index is -0.288. The van der Waals surface area contributed by atoms with Crippen LogP contribution in [0.5, 0.6) is 0 Å². The summed E-state index contributed by atoms with van der Waals surface area (Å²) in [5.74, 6) is -0.288. The molecular formula is C16H31NO2. The molecule has 3 heteroatoms. The van der Waals surface area contributed by atoms with Crippen LogP contribution in [0, 0.1) is 0 Å². The van der Waals surface area contributed by atoms with E-state index in [2.05, 4.69) is 25.3 Å². The first-order valence-corrected chi connectivity index (χ1v) is 7.63. The lowest BCUT2D eigenvalue weighted by molar-refractivity contribution is -0.152. The molecule has 3 nitrogen and oxygen atoms in total. The van der Waals surface area contributed by atoms with Gasteiger partial charge >= 0.3 is 5.97 Å². The number of esters is 1. The number of hydrogen-bond acceptors (Lipinski definition) is 3. The fraction of sp³-hybridized carbons (Fsp3) is 0.812. The maximum atomic E-state index is 11.6. The van der Waals surface area contributed by atoms with Crippen molar-refractivity contribution in [3.63, 3.8) is 0 Å². The van der Waals surface area contributed by atoms with Crippen molar-refractivity contribution in [3.05, 3.63) is 12.2 Å². The molecule has 0 saturated heterocycles. The highest BCUT2D eigenvalue weighted by molar-refractivity contribution is 5.87. The predicted octanol–water partition coefficient (Wildman–Crippen LogP) is 4.13. The van der Waals surface area contributed by atoms with Gasteiger partial charge < -0.3 is 4.74 Å². The minimum absolute atomic E-state index is 0.155. The van der Waals surface area contributed by atoms with Crippen molar-refractivity contribution in [2.45, 2.75) is 72.4 Å². The molecule has 0 aliphatic rings. The number of ether oxygens (including phenoxy) is 1. The maximum absolute atomic E-state index is 11.6. The molecule has 0 saturated carbocycles. The van der Waals surface area contributed by atoms with Crippen molar-refractivity contribution in [1.82, 2.24) is 4.90 Å². The maximum Gasteiger partial charge on any atom is 0.334 e. The molecule has 0 aliphatic heterocycles. The van der Waals surface area contributed by atoms with Crippen molar-refractivity contribution in [2.24, 2.45) is 0 Å². The van der Waals surface area contributed by atoms with Gasteiger partial charge in [-0.1, -0.05) is 46.1 Å². The van der Waals surface area contributed by atoms with E-state index in [1.165, 1.54) is 25.7 Å². The molecule has 0 bridgehead atoms. The zero-order chi connectivity index (χ0) is 14.7. The van der Waals surface area contributed by atoms with Crippen LogP contribution < -0.4 is 0 Å². The molecule has 0 fully saturated rings. The number of carbonyl (C=O) groups is 1. The summed E-state index contributed by atoms with van der Waals surface area (Å²) in [5, 5.41) is 0. The van der Waals surface area contributed by atoms with Crippen LogP contribution in [0.3, 0.4) is 0 Å². The zero-order valence-electron chi connectivity index (χ0n) is 13.2. The first kappa shape index (κ1) is 18.2. The SMILES string of the molecule is C=C(C)C(=O)OC(C)N(CCCCC)CCCCC. The Morgan fingerprint density at radius 2 is 1.58 bits per heavy atom. The summed E-state index contributed by atoms with van der Waals surface area (Å²) in [6.07, 6.45) is 7.05. The van der Waals surface area contributed by atoms with Crippen molar-refractivity contribution in [3.8, 4) is 0 Å². The first-order valence-electron chi connectivity index (χ1n) is 7.63. The van der Waals surface area contributed by atoms with E-state index in [1.807, 2.05) is 6.92 Å². The van der Waals surface area contributed by atoms with Crippen LogP contribution in [-0.4, -0.2) is 30.2 Å². The molecule has 19 heavy (non-hydrogen) atoms. The average molecular weight is 269 g/mol. The second-order valence-corrected chi connectivity index (χ2v) is 5.24. The van der Waals surface area contributed by atoms with E-state index in [-0.39, 0.29) is 12.2 Å². The molecule has 0 aromatic heterocycles. The predicted molar refractivity (Wildman–Crippen MR) is 81.0 cm³/mol. The summed E-state index contributed by atoms with van der Waals surface area (Å²) < 4.78 is 5.42. The monoisotopic (exact) mass is 269 g/mol. The lowest BCUT2D eigenvalue weighted by Crippen LogP contribution is -2.38. The smallest absolute Gasteiger partial charge is 0.334 e. The Kier molecular flexibility index (Phi) is 10.6. The second-order valence-electron chi connectivity index (χ2n) is 5.24. The highest BCUT2D eigenvalue weighted by atomic mass is 16.6. The van der Waals surface area contributed by atoms with E-state index < -0.39 is 0 Å². The van der Waals surface area contributed by atoms with E-state index in [4.69, 9.17) is 4.74 Å². The van der Waals surface area contributed by atoms with Gasteiger partial charge in [-0.15, -0.1) is 0 Å². The van der Waals surface area contributed by atoms with Crippen LogP contribution in [0.2, 0.25) is 0 Å². The Morgan fingerprint density at radius 3 is 1.95 bits per heavy atom. The van der Waals surface area contributed by atoms with Crippen LogP contribution >= 0.6 is 0 Å². The summed E-state index contributed by atoms with van der Waals surface area (Å²) >= 11 is 0. The van der Waals surface area contributed by atoms with Crippen LogP contribution in [-0.2, 0) is 9.53 Å². The van der Waals surface area contributed by atoms with Crippen molar-refractivity contribution in [1.29, 1.82) is 0 Å². The van der Waals surface area contributed by atoms with Gasteiger partial charge in [0.25, 0.3) is 0 Å². The summed E-state index contributed by atoms with van der Waals surface area (Å²) in [6, 6.07) is 0.